The summed E-state index contributed by atoms with van der Waals surface area (Å²) in [5.41, 5.74) is 10.8. The monoisotopic (exact) mass is 502 g/mol. The number of rotatable bonds is 5. The van der Waals surface area contributed by atoms with Crippen LogP contribution >= 0.6 is 0 Å². The maximum Gasteiger partial charge on any atom is 0.249 e. The van der Waals surface area contributed by atoms with Crippen molar-refractivity contribution in [3.63, 3.8) is 0 Å². The van der Waals surface area contributed by atoms with Gasteiger partial charge in [0.1, 0.15) is 0 Å². The van der Waals surface area contributed by atoms with Crippen molar-refractivity contribution in [2.75, 3.05) is 22.5 Å². The van der Waals surface area contributed by atoms with Gasteiger partial charge in [-0.05, 0) is 48.4 Å². The molecule has 3 heterocycles. The molecule has 1 aliphatic heterocycles. The number of hydrogen-bond acceptors (Lipinski definition) is 7. The Morgan fingerprint density at radius 2 is 1.84 bits per heavy atom. The first-order valence-corrected chi connectivity index (χ1v) is 12.0. The van der Waals surface area contributed by atoms with E-state index in [0.29, 0.717) is 24.7 Å². The van der Waals surface area contributed by atoms with Crippen LogP contribution in [0.15, 0.2) is 54.7 Å². The van der Waals surface area contributed by atoms with Crippen LogP contribution in [-0.2, 0) is 18.3 Å². The van der Waals surface area contributed by atoms with Gasteiger partial charge < -0.3 is 16.0 Å². The molecule has 0 spiro atoms. The van der Waals surface area contributed by atoms with Crippen LogP contribution in [0.1, 0.15) is 18.4 Å². The van der Waals surface area contributed by atoms with Gasteiger partial charge in [0.25, 0.3) is 0 Å². The van der Waals surface area contributed by atoms with E-state index in [0.717, 1.165) is 33.8 Å². The van der Waals surface area contributed by atoms with Gasteiger partial charge >= 0.3 is 0 Å². The lowest BCUT2D eigenvalue weighted by Gasteiger charge is -2.36. The third-order valence-electron chi connectivity index (χ3n) is 6.81. The van der Waals surface area contributed by atoms with Crippen LogP contribution in [0.2, 0.25) is 0 Å². The molecule has 6 rings (SSSR count). The van der Waals surface area contributed by atoms with E-state index in [9.17, 15) is 13.6 Å². The van der Waals surface area contributed by atoms with E-state index in [2.05, 4.69) is 25.4 Å². The lowest BCUT2D eigenvalue weighted by atomic mass is 9.80. The number of aryl methyl sites for hydroxylation is 1. The number of nitrogens with zero attached hydrogens (tertiary/aromatic N) is 6. The van der Waals surface area contributed by atoms with Gasteiger partial charge in [0.2, 0.25) is 23.7 Å². The number of anilines is 4. The van der Waals surface area contributed by atoms with Gasteiger partial charge in [-0.25, -0.2) is 23.4 Å². The molecule has 1 amide bonds. The summed E-state index contributed by atoms with van der Waals surface area (Å²) < 4.78 is 28.2. The van der Waals surface area contributed by atoms with Gasteiger partial charge in [-0.1, -0.05) is 12.1 Å². The van der Waals surface area contributed by atoms with Crippen LogP contribution in [0, 0.1) is 5.92 Å². The summed E-state index contributed by atoms with van der Waals surface area (Å²) in [4.78, 5) is 27.2. The van der Waals surface area contributed by atoms with Gasteiger partial charge in [0, 0.05) is 61.1 Å². The Hall–Kier alpha value is -4.41. The average Bonchev–Trinajstić information content (AvgIpc) is 3.45. The summed E-state index contributed by atoms with van der Waals surface area (Å²) in [5.74, 6) is -2.19. The van der Waals surface area contributed by atoms with Crippen molar-refractivity contribution in [2.45, 2.75) is 25.2 Å². The van der Waals surface area contributed by atoms with Gasteiger partial charge in [-0.15, -0.1) is 5.10 Å². The molecule has 2 aromatic carbocycles. The molecular weight excluding hydrogens is 478 g/mol. The number of halogens is 2. The van der Waals surface area contributed by atoms with Gasteiger partial charge in [-0.3, -0.25) is 4.79 Å². The fourth-order valence-electron chi connectivity index (χ4n) is 4.83. The van der Waals surface area contributed by atoms with Crippen molar-refractivity contribution < 1.29 is 13.6 Å². The van der Waals surface area contributed by atoms with Crippen molar-refractivity contribution in [2.24, 2.45) is 13.0 Å². The summed E-state index contributed by atoms with van der Waals surface area (Å²) in [5, 5.41) is 7.82. The molecule has 2 aromatic heterocycles. The molecule has 0 saturated heterocycles. The van der Waals surface area contributed by atoms with E-state index in [1.54, 1.807) is 28.9 Å². The first-order valence-electron chi connectivity index (χ1n) is 12.0. The summed E-state index contributed by atoms with van der Waals surface area (Å²) >= 11 is 0. The second-order valence-electron chi connectivity index (χ2n) is 9.43. The Labute approximate surface area is 211 Å². The standard InChI is InChI=1S/C26H24F2N8O/c1-35-25(31-19-5-2-15(3-6-19)20-8-10-30-24(29)32-20)33-22(34-35)17-4-7-21-16(12-17)9-11-36(21)23(37)18-13-26(27,28)14-18/h2-8,10,12,18H,9,11,13-14H2,1H3,(H2,29,30,32)(H,31,33,34). The van der Waals surface area contributed by atoms with E-state index in [4.69, 9.17) is 5.73 Å². The highest BCUT2D eigenvalue weighted by Crippen LogP contribution is 2.44. The van der Waals surface area contributed by atoms with Crippen LogP contribution in [0.3, 0.4) is 0 Å². The van der Waals surface area contributed by atoms with Gasteiger partial charge in [-0.2, -0.15) is 4.98 Å². The number of nitrogen functional groups attached to an aromatic ring is 1. The second kappa shape index (κ2) is 8.61. The van der Waals surface area contributed by atoms with Crippen molar-refractivity contribution in [3.05, 3.63) is 60.3 Å². The van der Waals surface area contributed by atoms with Crippen molar-refractivity contribution >= 4 is 29.2 Å². The fourth-order valence-corrected chi connectivity index (χ4v) is 4.83. The van der Waals surface area contributed by atoms with Crippen molar-refractivity contribution in [3.8, 4) is 22.6 Å². The molecule has 3 N–H and O–H groups in total. The quantitative estimate of drug-likeness (QED) is 0.420. The maximum absolute atomic E-state index is 13.2. The number of carbonyl (C=O) groups excluding carboxylic acids is 1. The highest BCUT2D eigenvalue weighted by Gasteiger charge is 2.50. The minimum atomic E-state index is -2.71. The molecule has 4 aromatic rings. The summed E-state index contributed by atoms with van der Waals surface area (Å²) in [6.45, 7) is 0.500. The predicted molar refractivity (Wildman–Crippen MR) is 135 cm³/mol. The molecule has 11 heteroatoms. The predicted octanol–water partition coefficient (Wildman–Crippen LogP) is 4.20. The highest BCUT2D eigenvalue weighted by molar-refractivity contribution is 5.98. The smallest absolute Gasteiger partial charge is 0.249 e. The third kappa shape index (κ3) is 4.37. The summed E-state index contributed by atoms with van der Waals surface area (Å²) in [7, 11) is 1.80. The zero-order valence-corrected chi connectivity index (χ0v) is 20.0. The molecule has 2 aliphatic rings. The first kappa shape index (κ1) is 23.0. The molecule has 0 unspecified atom stereocenters. The SMILES string of the molecule is Cn1nc(-c2ccc3c(c2)CCN3C(=O)C2CC(F)(F)C2)nc1Nc1ccc(-c2ccnc(N)n2)cc1. The molecule has 0 radical (unpaired) electrons. The van der Waals surface area contributed by atoms with E-state index in [1.165, 1.54) is 0 Å². The second-order valence-corrected chi connectivity index (χ2v) is 9.43. The topological polar surface area (TPSA) is 115 Å². The zero-order chi connectivity index (χ0) is 25.7. The number of fused-ring (bicyclic) bond motifs is 1. The number of nitrogens with one attached hydrogen (secondary N) is 1. The van der Waals surface area contributed by atoms with E-state index < -0.39 is 11.8 Å². The van der Waals surface area contributed by atoms with Crippen LogP contribution in [0.4, 0.5) is 32.1 Å². The van der Waals surface area contributed by atoms with E-state index in [-0.39, 0.29) is 24.7 Å². The molecule has 0 bridgehead atoms. The van der Waals surface area contributed by atoms with Gasteiger partial charge in [0.05, 0.1) is 5.69 Å². The molecular formula is C26H24F2N8O. The number of carbonyl (C=O) groups is 1. The molecule has 1 saturated carbocycles. The molecule has 9 nitrogen and oxygen atoms in total. The number of nitrogens with two attached hydrogens (primary N) is 1. The lowest BCUT2D eigenvalue weighted by molar-refractivity contribution is -0.147. The Morgan fingerprint density at radius 3 is 2.57 bits per heavy atom. The molecule has 188 valence electrons. The summed E-state index contributed by atoms with van der Waals surface area (Å²) in [6, 6.07) is 15.2. The maximum atomic E-state index is 13.2. The Morgan fingerprint density at radius 1 is 1.08 bits per heavy atom. The number of amides is 1. The Bertz CT molecular complexity index is 1490. The first-order chi connectivity index (χ1) is 17.8. The molecule has 1 aliphatic carbocycles. The lowest BCUT2D eigenvalue weighted by Crippen LogP contribution is -2.46. The van der Waals surface area contributed by atoms with E-state index >= 15 is 0 Å². The van der Waals surface area contributed by atoms with Gasteiger partial charge in [0.15, 0.2) is 5.82 Å². The highest BCUT2D eigenvalue weighted by atomic mass is 19.3. The third-order valence-corrected chi connectivity index (χ3v) is 6.81. The summed E-state index contributed by atoms with van der Waals surface area (Å²) in [6.07, 6.45) is 1.57. The minimum Gasteiger partial charge on any atom is -0.368 e. The fraction of sp³-hybridized carbons (Fsp3) is 0.269. The van der Waals surface area contributed by atoms with E-state index in [1.807, 2.05) is 42.5 Å². The number of hydrogen-bond donors (Lipinski definition) is 2. The molecule has 0 atom stereocenters. The average molecular weight is 503 g/mol. The normalized spacial score (nSPS) is 16.4. The Kier molecular flexibility index (Phi) is 5.36. The van der Waals surface area contributed by atoms with Crippen LogP contribution < -0.4 is 16.0 Å². The molecule has 37 heavy (non-hydrogen) atoms. The zero-order valence-electron chi connectivity index (χ0n) is 20.0. The minimum absolute atomic E-state index is 0.214. The number of benzene rings is 2. The number of alkyl halides is 2. The Balaban J connectivity index is 1.17. The largest absolute Gasteiger partial charge is 0.368 e. The van der Waals surface area contributed by atoms with Crippen molar-refractivity contribution in [1.82, 2.24) is 24.7 Å². The van der Waals surface area contributed by atoms with Crippen LogP contribution in [0.25, 0.3) is 22.6 Å². The number of aromatic nitrogens is 5. The van der Waals surface area contributed by atoms with Crippen molar-refractivity contribution in [1.29, 1.82) is 0 Å². The van der Waals surface area contributed by atoms with Crippen LogP contribution in [0.5, 0.6) is 0 Å². The molecule has 1 fully saturated rings. The van der Waals surface area contributed by atoms with Crippen LogP contribution in [-0.4, -0.2) is 43.1 Å².